The van der Waals surface area contributed by atoms with E-state index in [1.165, 1.54) is 5.56 Å². The van der Waals surface area contributed by atoms with Crippen LogP contribution in [0.5, 0.6) is 5.75 Å². The fourth-order valence-electron chi connectivity index (χ4n) is 3.32. The van der Waals surface area contributed by atoms with E-state index in [1.807, 2.05) is 75.4 Å². The Bertz CT molecular complexity index is 878. The topological polar surface area (TPSA) is 58.6 Å². The quantitative estimate of drug-likeness (QED) is 0.648. The Morgan fingerprint density at radius 1 is 0.938 bits per heavy atom. The van der Waals surface area contributed by atoms with Gasteiger partial charge in [-0.05, 0) is 62.8 Å². The summed E-state index contributed by atoms with van der Waals surface area (Å²) in [4.78, 5) is 27.5. The van der Waals surface area contributed by atoms with Crippen LogP contribution in [0.2, 0.25) is 0 Å². The lowest BCUT2D eigenvalue weighted by Crippen LogP contribution is -2.53. The number of benzene rings is 2. The number of nitrogens with one attached hydrogen (secondary N) is 1. The van der Waals surface area contributed by atoms with E-state index in [4.69, 9.17) is 4.74 Å². The van der Waals surface area contributed by atoms with Gasteiger partial charge in [0.05, 0.1) is 0 Å². The summed E-state index contributed by atoms with van der Waals surface area (Å²) >= 11 is 0. The number of amides is 2. The van der Waals surface area contributed by atoms with Crippen LogP contribution in [0.25, 0.3) is 0 Å². The molecule has 32 heavy (non-hydrogen) atoms. The fourth-order valence-corrected chi connectivity index (χ4v) is 3.32. The second-order valence-electron chi connectivity index (χ2n) is 10.3. The zero-order valence-corrected chi connectivity index (χ0v) is 20.6. The number of rotatable bonds is 8. The van der Waals surface area contributed by atoms with Crippen LogP contribution < -0.4 is 10.1 Å². The van der Waals surface area contributed by atoms with Crippen molar-refractivity contribution < 1.29 is 14.3 Å². The Kier molecular flexibility index (Phi) is 8.48. The molecule has 5 heteroatoms. The maximum atomic E-state index is 13.1. The van der Waals surface area contributed by atoms with Crippen molar-refractivity contribution in [3.8, 4) is 5.75 Å². The lowest BCUT2D eigenvalue weighted by Gasteiger charge is -2.31. The van der Waals surface area contributed by atoms with Crippen molar-refractivity contribution >= 4 is 11.8 Å². The lowest BCUT2D eigenvalue weighted by atomic mass is 9.87. The number of hydrogen-bond acceptors (Lipinski definition) is 3. The van der Waals surface area contributed by atoms with Gasteiger partial charge in [-0.25, -0.2) is 0 Å². The summed E-state index contributed by atoms with van der Waals surface area (Å²) in [5.74, 6) is 0.256. The number of carbonyl (C=O) groups excluding carboxylic acids is 2. The molecule has 0 aromatic heterocycles. The minimum absolute atomic E-state index is 0.0540. The van der Waals surface area contributed by atoms with Crippen LogP contribution in [0.15, 0.2) is 54.6 Å². The molecule has 0 saturated heterocycles. The Morgan fingerprint density at radius 3 is 2.06 bits per heavy atom. The fraction of sp³-hybridized carbons (Fsp3) is 0.481. The average Bonchev–Trinajstić information content (AvgIpc) is 2.71. The number of hydrogen-bond donors (Lipinski definition) is 1. The molecule has 0 aliphatic carbocycles. The molecule has 0 radical (unpaired) electrons. The van der Waals surface area contributed by atoms with Crippen LogP contribution in [-0.2, 0) is 21.4 Å². The van der Waals surface area contributed by atoms with E-state index in [9.17, 15) is 9.59 Å². The Hall–Kier alpha value is -2.82. The van der Waals surface area contributed by atoms with E-state index in [0.29, 0.717) is 18.7 Å². The summed E-state index contributed by atoms with van der Waals surface area (Å²) in [6.45, 7) is 14.3. The molecule has 2 aromatic rings. The first-order valence-corrected chi connectivity index (χ1v) is 11.3. The van der Waals surface area contributed by atoms with E-state index in [-0.39, 0.29) is 29.4 Å². The minimum Gasteiger partial charge on any atom is -0.484 e. The molecule has 2 rings (SSSR count). The van der Waals surface area contributed by atoms with Crippen molar-refractivity contribution in [2.75, 3.05) is 13.2 Å². The number of carbonyl (C=O) groups is 2. The van der Waals surface area contributed by atoms with Crippen molar-refractivity contribution in [1.29, 1.82) is 0 Å². The normalized spacial score (nSPS) is 12.7. The van der Waals surface area contributed by atoms with Gasteiger partial charge in [0, 0.05) is 12.1 Å². The van der Waals surface area contributed by atoms with E-state index in [0.717, 1.165) is 5.56 Å². The Labute approximate surface area is 193 Å². The van der Waals surface area contributed by atoms with Gasteiger partial charge in [0.1, 0.15) is 11.8 Å². The number of ether oxygens (including phenoxy) is 1. The molecule has 0 saturated carbocycles. The molecule has 0 aliphatic rings. The zero-order chi connectivity index (χ0) is 23.9. The van der Waals surface area contributed by atoms with Gasteiger partial charge in [0.2, 0.25) is 5.91 Å². The van der Waals surface area contributed by atoms with E-state index < -0.39 is 6.04 Å². The third-order valence-corrected chi connectivity index (χ3v) is 5.23. The SMILES string of the molecule is C[C@@H](C(=O)NC(C)(C)C)N(CCc1ccccc1)C(=O)COc1ccc(C(C)(C)C)cc1. The van der Waals surface area contributed by atoms with Crippen molar-refractivity contribution in [2.45, 2.75) is 71.9 Å². The zero-order valence-electron chi connectivity index (χ0n) is 20.6. The summed E-state index contributed by atoms with van der Waals surface area (Å²) < 4.78 is 5.78. The van der Waals surface area contributed by atoms with E-state index in [1.54, 1.807) is 11.8 Å². The molecule has 0 heterocycles. The average molecular weight is 439 g/mol. The summed E-state index contributed by atoms with van der Waals surface area (Å²) in [5, 5.41) is 2.97. The molecule has 2 aromatic carbocycles. The third kappa shape index (κ3) is 8.03. The maximum absolute atomic E-state index is 13.1. The van der Waals surface area contributed by atoms with Gasteiger partial charge in [-0.3, -0.25) is 9.59 Å². The lowest BCUT2D eigenvalue weighted by molar-refractivity contribution is -0.142. The predicted octanol–water partition coefficient (Wildman–Crippen LogP) is 4.74. The molecule has 0 fully saturated rings. The van der Waals surface area contributed by atoms with Crippen LogP contribution in [-0.4, -0.2) is 41.4 Å². The van der Waals surface area contributed by atoms with Crippen LogP contribution in [0.1, 0.15) is 59.6 Å². The molecule has 1 atom stereocenters. The largest absolute Gasteiger partial charge is 0.484 e. The van der Waals surface area contributed by atoms with Crippen molar-refractivity contribution in [3.63, 3.8) is 0 Å². The van der Waals surface area contributed by atoms with Gasteiger partial charge in [-0.15, -0.1) is 0 Å². The minimum atomic E-state index is -0.600. The van der Waals surface area contributed by atoms with Crippen LogP contribution in [0, 0.1) is 0 Å². The van der Waals surface area contributed by atoms with E-state index in [2.05, 4.69) is 26.1 Å². The van der Waals surface area contributed by atoms with Gasteiger partial charge >= 0.3 is 0 Å². The molecule has 0 unspecified atom stereocenters. The monoisotopic (exact) mass is 438 g/mol. The molecule has 174 valence electrons. The van der Waals surface area contributed by atoms with Crippen molar-refractivity contribution in [2.24, 2.45) is 0 Å². The Morgan fingerprint density at radius 2 is 1.53 bits per heavy atom. The van der Waals surface area contributed by atoms with Gasteiger partial charge in [0.15, 0.2) is 6.61 Å². The molecular formula is C27H38N2O3. The van der Waals surface area contributed by atoms with Crippen LogP contribution in [0.3, 0.4) is 0 Å². The molecule has 0 spiro atoms. The highest BCUT2D eigenvalue weighted by Gasteiger charge is 2.28. The first-order valence-electron chi connectivity index (χ1n) is 11.3. The molecule has 2 amide bonds. The van der Waals surface area contributed by atoms with Gasteiger partial charge in [0.25, 0.3) is 5.91 Å². The summed E-state index contributed by atoms with van der Waals surface area (Å²) in [7, 11) is 0. The standard InChI is InChI=1S/C27H38N2O3/c1-20(25(31)28-27(5,6)7)29(18-17-21-11-9-8-10-12-21)24(30)19-32-23-15-13-22(14-16-23)26(2,3)4/h8-16,20H,17-19H2,1-7H3,(H,28,31)/t20-/m0/s1. The van der Waals surface area contributed by atoms with Crippen molar-refractivity contribution in [3.05, 3.63) is 65.7 Å². The third-order valence-electron chi connectivity index (χ3n) is 5.23. The molecule has 1 N–H and O–H groups in total. The summed E-state index contributed by atoms with van der Waals surface area (Å²) in [6, 6.07) is 17.2. The highest BCUT2D eigenvalue weighted by atomic mass is 16.5. The van der Waals surface area contributed by atoms with E-state index >= 15 is 0 Å². The second-order valence-corrected chi connectivity index (χ2v) is 10.3. The first kappa shape index (κ1) is 25.4. The molecule has 0 bridgehead atoms. The highest BCUT2D eigenvalue weighted by molar-refractivity contribution is 5.88. The Balaban J connectivity index is 2.09. The first-order chi connectivity index (χ1) is 14.9. The van der Waals surface area contributed by atoms with Crippen molar-refractivity contribution in [1.82, 2.24) is 10.2 Å². The van der Waals surface area contributed by atoms with Gasteiger partial charge in [-0.2, -0.15) is 0 Å². The maximum Gasteiger partial charge on any atom is 0.261 e. The summed E-state index contributed by atoms with van der Waals surface area (Å²) in [6.07, 6.45) is 0.667. The van der Waals surface area contributed by atoms with Gasteiger partial charge < -0.3 is 15.0 Å². The second kappa shape index (κ2) is 10.7. The predicted molar refractivity (Wildman–Crippen MR) is 130 cm³/mol. The van der Waals surface area contributed by atoms with Crippen LogP contribution in [0.4, 0.5) is 0 Å². The van der Waals surface area contributed by atoms with Gasteiger partial charge in [-0.1, -0.05) is 63.2 Å². The molecular weight excluding hydrogens is 400 g/mol. The summed E-state index contributed by atoms with van der Waals surface area (Å²) in [5.41, 5.74) is 2.00. The molecule has 5 nitrogen and oxygen atoms in total. The smallest absolute Gasteiger partial charge is 0.261 e. The molecule has 0 aliphatic heterocycles. The van der Waals surface area contributed by atoms with Crippen LogP contribution >= 0.6 is 0 Å². The highest BCUT2D eigenvalue weighted by Crippen LogP contribution is 2.24. The number of nitrogens with zero attached hydrogens (tertiary/aromatic N) is 1.